The smallest absolute Gasteiger partial charge is 0.331 e. The highest BCUT2D eigenvalue weighted by Gasteiger charge is 2.38. The Kier molecular flexibility index (Phi) is 4.18. The summed E-state index contributed by atoms with van der Waals surface area (Å²) >= 11 is 1.29. The Morgan fingerprint density at radius 3 is 2.68 bits per heavy atom. The number of carboxylic acids is 1. The van der Waals surface area contributed by atoms with E-state index in [0.717, 1.165) is 0 Å². The molecule has 1 aromatic heterocycles. The number of carboxylic acid groups (broad SMARTS) is 1. The zero-order chi connectivity index (χ0) is 13.9. The Balaban J connectivity index is 2.09. The van der Waals surface area contributed by atoms with Crippen LogP contribution in [0.5, 0.6) is 0 Å². The average molecular weight is 284 g/mol. The third-order valence-electron chi connectivity index (χ3n) is 3.19. The zero-order valence-corrected chi connectivity index (χ0v) is 11.1. The minimum atomic E-state index is -1.09. The number of nitrogens with two attached hydrogens (primary N) is 1. The summed E-state index contributed by atoms with van der Waals surface area (Å²) in [5.41, 5.74) is 4.98. The van der Waals surface area contributed by atoms with E-state index >= 15 is 0 Å². The molecule has 0 saturated carbocycles. The number of rotatable bonds is 4. The lowest BCUT2D eigenvalue weighted by Gasteiger charge is -2.32. The Hall–Kier alpha value is -1.44. The van der Waals surface area contributed by atoms with Gasteiger partial charge in [0.25, 0.3) is 0 Å². The van der Waals surface area contributed by atoms with Crippen molar-refractivity contribution in [2.45, 2.75) is 24.4 Å². The fourth-order valence-electron chi connectivity index (χ4n) is 1.95. The summed E-state index contributed by atoms with van der Waals surface area (Å²) in [5.74, 6) is -1.52. The van der Waals surface area contributed by atoms with Crippen molar-refractivity contribution >= 4 is 23.2 Å². The van der Waals surface area contributed by atoms with Gasteiger partial charge in [0.15, 0.2) is 6.04 Å². The Bertz CT molecular complexity index is 454. The molecular weight excluding hydrogens is 268 g/mol. The van der Waals surface area contributed by atoms with E-state index < -0.39 is 23.5 Å². The molecular formula is C12H16N2O4S. The van der Waals surface area contributed by atoms with Crippen molar-refractivity contribution in [1.29, 1.82) is 0 Å². The lowest BCUT2D eigenvalue weighted by Crippen LogP contribution is -2.58. The van der Waals surface area contributed by atoms with Crippen molar-refractivity contribution in [3.8, 4) is 0 Å². The summed E-state index contributed by atoms with van der Waals surface area (Å²) in [6.07, 6.45) is 0.797. The van der Waals surface area contributed by atoms with Crippen LogP contribution >= 0.6 is 11.3 Å². The number of aliphatic carboxylic acids is 1. The van der Waals surface area contributed by atoms with Gasteiger partial charge in [-0.3, -0.25) is 4.79 Å². The minimum Gasteiger partial charge on any atom is -0.479 e. The van der Waals surface area contributed by atoms with E-state index in [4.69, 9.17) is 10.5 Å². The molecule has 19 heavy (non-hydrogen) atoms. The number of amides is 1. The summed E-state index contributed by atoms with van der Waals surface area (Å²) in [5, 5.41) is 13.5. The normalized spacial score (nSPS) is 19.6. The van der Waals surface area contributed by atoms with Crippen molar-refractivity contribution in [3.05, 3.63) is 22.4 Å². The molecule has 1 unspecified atom stereocenters. The fourth-order valence-corrected chi connectivity index (χ4v) is 2.71. The van der Waals surface area contributed by atoms with E-state index in [0.29, 0.717) is 30.9 Å². The van der Waals surface area contributed by atoms with Gasteiger partial charge >= 0.3 is 5.97 Å². The van der Waals surface area contributed by atoms with Crippen LogP contribution in [-0.4, -0.2) is 35.7 Å². The molecule has 1 saturated heterocycles. The van der Waals surface area contributed by atoms with Gasteiger partial charge in [0.2, 0.25) is 5.91 Å². The minimum absolute atomic E-state index is 0.398. The van der Waals surface area contributed by atoms with Crippen molar-refractivity contribution < 1.29 is 19.4 Å². The third kappa shape index (κ3) is 3.12. The zero-order valence-electron chi connectivity index (χ0n) is 10.3. The summed E-state index contributed by atoms with van der Waals surface area (Å²) in [7, 11) is 0. The second kappa shape index (κ2) is 5.68. The number of nitrogens with one attached hydrogen (secondary N) is 1. The molecule has 1 aliphatic heterocycles. The lowest BCUT2D eigenvalue weighted by atomic mass is 9.90. The van der Waals surface area contributed by atoms with Gasteiger partial charge in [-0.15, -0.1) is 11.3 Å². The molecule has 0 radical (unpaired) electrons. The van der Waals surface area contributed by atoms with Crippen LogP contribution in [0.3, 0.4) is 0 Å². The van der Waals surface area contributed by atoms with Gasteiger partial charge in [-0.1, -0.05) is 6.07 Å². The highest BCUT2D eigenvalue weighted by molar-refractivity contribution is 7.10. The van der Waals surface area contributed by atoms with Crippen LogP contribution in [0.15, 0.2) is 17.5 Å². The third-order valence-corrected chi connectivity index (χ3v) is 4.12. The molecule has 7 heteroatoms. The molecule has 1 aromatic rings. The van der Waals surface area contributed by atoms with Crippen molar-refractivity contribution in [2.75, 3.05) is 13.2 Å². The van der Waals surface area contributed by atoms with E-state index in [-0.39, 0.29) is 0 Å². The maximum atomic E-state index is 12.2. The molecule has 2 rings (SSSR count). The van der Waals surface area contributed by atoms with Crippen molar-refractivity contribution in [3.63, 3.8) is 0 Å². The second-order valence-electron chi connectivity index (χ2n) is 4.53. The highest BCUT2D eigenvalue weighted by Crippen LogP contribution is 2.23. The predicted molar refractivity (Wildman–Crippen MR) is 69.8 cm³/mol. The Morgan fingerprint density at radius 1 is 1.47 bits per heavy atom. The molecule has 104 valence electrons. The van der Waals surface area contributed by atoms with Crippen LogP contribution in [0, 0.1) is 0 Å². The first kappa shape index (κ1) is 14.0. The first-order chi connectivity index (χ1) is 9.03. The standard InChI is InChI=1S/C12H16N2O4S/c13-12(3-5-18-6-4-12)11(17)14-9(10(15)16)8-2-1-7-19-8/h1-2,7,9H,3-6,13H2,(H,14,17)(H,15,16). The number of hydrogen-bond donors (Lipinski definition) is 3. The number of thiophene rings is 1. The van der Waals surface area contributed by atoms with E-state index in [1.165, 1.54) is 11.3 Å². The van der Waals surface area contributed by atoms with E-state index in [2.05, 4.69) is 5.32 Å². The molecule has 1 atom stereocenters. The van der Waals surface area contributed by atoms with E-state index in [1.54, 1.807) is 17.5 Å². The van der Waals surface area contributed by atoms with Crippen LogP contribution in [0.1, 0.15) is 23.8 Å². The van der Waals surface area contributed by atoms with Crippen LogP contribution in [0.4, 0.5) is 0 Å². The van der Waals surface area contributed by atoms with Gasteiger partial charge in [0.05, 0.1) is 5.54 Å². The van der Waals surface area contributed by atoms with Crippen LogP contribution in [0.2, 0.25) is 0 Å². The molecule has 0 aromatic carbocycles. The van der Waals surface area contributed by atoms with Crippen LogP contribution in [0.25, 0.3) is 0 Å². The predicted octanol–water partition coefficient (Wildman–Crippen LogP) is 0.498. The van der Waals surface area contributed by atoms with E-state index in [9.17, 15) is 14.7 Å². The highest BCUT2D eigenvalue weighted by atomic mass is 32.1. The molecule has 4 N–H and O–H groups in total. The van der Waals surface area contributed by atoms with Crippen LogP contribution in [-0.2, 0) is 14.3 Å². The largest absolute Gasteiger partial charge is 0.479 e. The molecule has 0 aliphatic carbocycles. The maximum Gasteiger partial charge on any atom is 0.331 e. The first-order valence-electron chi connectivity index (χ1n) is 5.97. The Labute approximate surface area is 114 Å². The quantitative estimate of drug-likeness (QED) is 0.747. The number of carbonyl (C=O) groups is 2. The SMILES string of the molecule is NC1(C(=O)NC(C(=O)O)c2cccs2)CCOCC1. The topological polar surface area (TPSA) is 102 Å². The molecule has 6 nitrogen and oxygen atoms in total. The maximum absolute atomic E-state index is 12.2. The van der Waals surface area contributed by atoms with Crippen molar-refractivity contribution in [2.24, 2.45) is 5.73 Å². The average Bonchev–Trinajstić information content (AvgIpc) is 2.89. The van der Waals surface area contributed by atoms with E-state index in [1.807, 2.05) is 0 Å². The molecule has 1 aliphatic rings. The fraction of sp³-hybridized carbons (Fsp3) is 0.500. The van der Waals surface area contributed by atoms with Gasteiger partial charge in [-0.05, 0) is 24.3 Å². The Morgan fingerprint density at radius 2 is 2.16 bits per heavy atom. The molecule has 0 spiro atoms. The second-order valence-corrected chi connectivity index (χ2v) is 5.51. The summed E-state index contributed by atoms with van der Waals surface area (Å²) in [6, 6.07) is 2.38. The molecule has 1 amide bonds. The molecule has 1 fully saturated rings. The summed E-state index contributed by atoms with van der Waals surface area (Å²) in [4.78, 5) is 24.0. The monoisotopic (exact) mass is 284 g/mol. The van der Waals surface area contributed by atoms with Gasteiger partial charge in [-0.2, -0.15) is 0 Å². The van der Waals surface area contributed by atoms with Gasteiger partial charge in [-0.25, -0.2) is 4.79 Å². The van der Waals surface area contributed by atoms with Gasteiger partial charge in [0, 0.05) is 18.1 Å². The number of ether oxygens (including phenoxy) is 1. The lowest BCUT2D eigenvalue weighted by molar-refractivity contribution is -0.143. The van der Waals surface area contributed by atoms with Crippen molar-refractivity contribution in [1.82, 2.24) is 5.32 Å². The number of hydrogen-bond acceptors (Lipinski definition) is 5. The van der Waals surface area contributed by atoms with Crippen LogP contribution < -0.4 is 11.1 Å². The van der Waals surface area contributed by atoms with Gasteiger partial charge in [0.1, 0.15) is 0 Å². The first-order valence-corrected chi connectivity index (χ1v) is 6.85. The summed E-state index contributed by atoms with van der Waals surface area (Å²) in [6.45, 7) is 0.835. The number of carbonyl (C=O) groups excluding carboxylic acids is 1. The van der Waals surface area contributed by atoms with Gasteiger partial charge < -0.3 is 20.9 Å². The molecule has 2 heterocycles. The summed E-state index contributed by atoms with van der Waals surface area (Å²) < 4.78 is 5.17. The molecule has 0 bridgehead atoms.